The molecular weight excluding hydrogens is 460 g/mol. The maximum absolute atomic E-state index is 12.7. The average molecular weight is 485 g/mol. The monoisotopic (exact) mass is 484 g/mol. The molecule has 4 aromatic rings. The molecule has 0 saturated heterocycles. The lowest BCUT2D eigenvalue weighted by Crippen LogP contribution is -2.35. The van der Waals surface area contributed by atoms with Crippen molar-refractivity contribution in [2.45, 2.75) is 25.7 Å². The highest BCUT2D eigenvalue weighted by molar-refractivity contribution is 7.90. The van der Waals surface area contributed by atoms with Crippen molar-refractivity contribution in [2.24, 2.45) is 5.92 Å². The van der Waals surface area contributed by atoms with E-state index in [-0.39, 0.29) is 17.6 Å². The topological polar surface area (TPSA) is 130 Å². The van der Waals surface area contributed by atoms with Gasteiger partial charge in [-0.1, -0.05) is 0 Å². The molecule has 0 spiro atoms. The zero-order chi connectivity index (χ0) is 23.0. The van der Waals surface area contributed by atoms with Gasteiger partial charge in [0.25, 0.3) is 0 Å². The first-order chi connectivity index (χ1) is 15.9. The van der Waals surface area contributed by atoms with Crippen molar-refractivity contribution in [3.05, 3.63) is 41.3 Å². The zero-order valence-corrected chi connectivity index (χ0v) is 19.7. The van der Waals surface area contributed by atoms with Gasteiger partial charge >= 0.3 is 0 Å². The maximum atomic E-state index is 12.7. The molecule has 5 rings (SSSR count). The molecule has 9 nitrogen and oxygen atoms in total. The minimum Gasteiger partial charge on any atom is -0.356 e. The second-order valence-corrected chi connectivity index (χ2v) is 11.5. The molecule has 0 aliphatic heterocycles. The summed E-state index contributed by atoms with van der Waals surface area (Å²) in [6.07, 6.45) is 5.22. The molecule has 1 aliphatic rings. The van der Waals surface area contributed by atoms with Gasteiger partial charge in [-0.05, 0) is 49.4 Å². The Bertz CT molecular complexity index is 1440. The van der Waals surface area contributed by atoms with Gasteiger partial charge < -0.3 is 15.6 Å². The van der Waals surface area contributed by atoms with Gasteiger partial charge in [0.1, 0.15) is 27.6 Å². The van der Waals surface area contributed by atoms with E-state index in [0.29, 0.717) is 25.2 Å². The number of nitrogens with one attached hydrogen (secondary N) is 3. The van der Waals surface area contributed by atoms with Crippen LogP contribution in [0, 0.1) is 5.92 Å². The standard InChI is InChI=1S/C22H24N6O3S2/c1-33(30,31)8-2-7-23-22(29)13-3-5-16-15(9-13)19-20(24-11-25-21(19)28-16)27-14-4-6-17-18(10-14)32-12-26-17/h4,6,10-13H,2-3,5,7-9H2,1H3,(H,23,29)(H2,24,25,27,28). The number of aromatic nitrogens is 4. The highest BCUT2D eigenvalue weighted by atomic mass is 32.2. The largest absolute Gasteiger partial charge is 0.356 e. The van der Waals surface area contributed by atoms with Gasteiger partial charge in [-0.3, -0.25) is 4.79 Å². The fourth-order valence-electron chi connectivity index (χ4n) is 4.32. The Hall–Kier alpha value is -3.05. The number of aryl methyl sites for hydroxylation is 1. The summed E-state index contributed by atoms with van der Waals surface area (Å²) in [7, 11) is -3.02. The number of fused-ring (bicyclic) bond motifs is 4. The van der Waals surface area contributed by atoms with Crippen molar-refractivity contribution < 1.29 is 13.2 Å². The Labute approximate surface area is 195 Å². The number of benzene rings is 1. The van der Waals surface area contributed by atoms with E-state index in [1.54, 1.807) is 11.3 Å². The maximum Gasteiger partial charge on any atom is 0.223 e. The molecule has 1 aliphatic carbocycles. The van der Waals surface area contributed by atoms with E-state index in [0.717, 1.165) is 51.0 Å². The smallest absolute Gasteiger partial charge is 0.223 e. The predicted octanol–water partition coefficient (Wildman–Crippen LogP) is 2.97. The van der Waals surface area contributed by atoms with Crippen molar-refractivity contribution in [2.75, 3.05) is 23.9 Å². The molecule has 3 aromatic heterocycles. The van der Waals surface area contributed by atoms with E-state index >= 15 is 0 Å². The number of nitrogens with zero attached hydrogens (tertiary/aromatic N) is 3. The van der Waals surface area contributed by atoms with Gasteiger partial charge in [-0.25, -0.2) is 23.4 Å². The lowest BCUT2D eigenvalue weighted by atomic mass is 9.86. The minimum absolute atomic E-state index is 0.0366. The molecule has 1 amide bonds. The quantitative estimate of drug-likeness (QED) is 0.344. The van der Waals surface area contributed by atoms with E-state index < -0.39 is 9.84 Å². The number of carbonyl (C=O) groups excluding carboxylic acids is 1. The van der Waals surface area contributed by atoms with Crippen molar-refractivity contribution in [3.63, 3.8) is 0 Å². The number of amides is 1. The molecule has 1 unspecified atom stereocenters. The molecule has 3 N–H and O–H groups in total. The molecule has 1 aromatic carbocycles. The Kier molecular flexibility index (Phi) is 5.75. The van der Waals surface area contributed by atoms with Gasteiger partial charge in [-0.2, -0.15) is 0 Å². The Morgan fingerprint density at radius 2 is 2.15 bits per heavy atom. The van der Waals surface area contributed by atoms with Crippen molar-refractivity contribution in [1.82, 2.24) is 25.3 Å². The van der Waals surface area contributed by atoms with E-state index in [1.165, 1.54) is 12.6 Å². The molecule has 33 heavy (non-hydrogen) atoms. The Balaban J connectivity index is 1.36. The molecule has 0 bridgehead atoms. The summed E-state index contributed by atoms with van der Waals surface area (Å²) in [5.74, 6) is 0.571. The third-order valence-corrected chi connectivity index (χ3v) is 7.75. The summed E-state index contributed by atoms with van der Waals surface area (Å²) in [5, 5.41) is 7.22. The highest BCUT2D eigenvalue weighted by Crippen LogP contribution is 2.35. The summed E-state index contributed by atoms with van der Waals surface area (Å²) in [5.41, 5.74) is 6.61. The average Bonchev–Trinajstić information content (AvgIpc) is 3.39. The molecule has 3 heterocycles. The van der Waals surface area contributed by atoms with Crippen molar-refractivity contribution in [1.29, 1.82) is 0 Å². The van der Waals surface area contributed by atoms with Gasteiger partial charge in [0.2, 0.25) is 5.91 Å². The second kappa shape index (κ2) is 8.71. The van der Waals surface area contributed by atoms with Crippen LogP contribution in [0.1, 0.15) is 24.1 Å². The van der Waals surface area contributed by atoms with Crippen molar-refractivity contribution >= 4 is 59.8 Å². The van der Waals surface area contributed by atoms with E-state index in [2.05, 4.69) is 30.6 Å². The number of aromatic amines is 1. The fourth-order valence-corrected chi connectivity index (χ4v) is 5.70. The second-order valence-electron chi connectivity index (χ2n) is 8.40. The van der Waals surface area contributed by atoms with Crippen LogP contribution in [0.5, 0.6) is 0 Å². The number of sulfone groups is 1. The summed E-state index contributed by atoms with van der Waals surface area (Å²) in [6, 6.07) is 6.00. The third-order valence-electron chi connectivity index (χ3n) is 5.93. The van der Waals surface area contributed by atoms with Gasteiger partial charge in [-0.15, -0.1) is 11.3 Å². The summed E-state index contributed by atoms with van der Waals surface area (Å²) in [6.45, 7) is 0.360. The van der Waals surface area contributed by atoms with Crippen LogP contribution in [0.2, 0.25) is 0 Å². The van der Waals surface area contributed by atoms with Gasteiger partial charge in [0.05, 0.1) is 26.9 Å². The molecule has 172 valence electrons. The Morgan fingerprint density at radius 1 is 1.27 bits per heavy atom. The Morgan fingerprint density at radius 3 is 3.00 bits per heavy atom. The summed E-state index contributed by atoms with van der Waals surface area (Å²) in [4.78, 5) is 29.4. The van der Waals surface area contributed by atoms with E-state index in [4.69, 9.17) is 0 Å². The number of anilines is 2. The van der Waals surface area contributed by atoms with Crippen LogP contribution in [0.15, 0.2) is 30.0 Å². The van der Waals surface area contributed by atoms with Crippen LogP contribution in [-0.4, -0.2) is 52.8 Å². The van der Waals surface area contributed by atoms with Crippen molar-refractivity contribution in [3.8, 4) is 0 Å². The molecular formula is C22H24N6O3S2. The third kappa shape index (κ3) is 4.69. The van der Waals surface area contributed by atoms with Gasteiger partial charge in [0.15, 0.2) is 0 Å². The minimum atomic E-state index is -3.02. The fraction of sp³-hybridized carbons (Fsp3) is 0.364. The van der Waals surface area contributed by atoms with Crippen LogP contribution >= 0.6 is 11.3 Å². The summed E-state index contributed by atoms with van der Waals surface area (Å²) >= 11 is 1.59. The number of carbonyl (C=O) groups is 1. The molecule has 0 fully saturated rings. The van der Waals surface area contributed by atoms with Gasteiger partial charge in [0, 0.05) is 30.1 Å². The number of hydrogen-bond acceptors (Lipinski definition) is 8. The SMILES string of the molecule is CS(=O)(=O)CCCNC(=O)C1CCc2[nH]c3ncnc(Nc4ccc5ncsc5c4)c3c2C1. The van der Waals surface area contributed by atoms with Crippen LogP contribution in [0.3, 0.4) is 0 Å². The first kappa shape index (κ1) is 21.8. The zero-order valence-electron chi connectivity index (χ0n) is 18.1. The lowest BCUT2D eigenvalue weighted by Gasteiger charge is -2.22. The molecule has 0 radical (unpaired) electrons. The van der Waals surface area contributed by atoms with Crippen LogP contribution in [-0.2, 0) is 27.5 Å². The number of rotatable bonds is 7. The van der Waals surface area contributed by atoms with E-state index in [9.17, 15) is 13.2 Å². The number of H-pyrrole nitrogens is 1. The normalized spacial score (nSPS) is 16.1. The predicted molar refractivity (Wildman–Crippen MR) is 130 cm³/mol. The highest BCUT2D eigenvalue weighted by Gasteiger charge is 2.29. The first-order valence-electron chi connectivity index (χ1n) is 10.8. The lowest BCUT2D eigenvalue weighted by molar-refractivity contribution is -0.125. The van der Waals surface area contributed by atoms with Crippen LogP contribution < -0.4 is 10.6 Å². The van der Waals surface area contributed by atoms with Crippen LogP contribution in [0.4, 0.5) is 11.5 Å². The number of thiazole rings is 1. The molecule has 11 heteroatoms. The molecule has 1 atom stereocenters. The first-order valence-corrected chi connectivity index (χ1v) is 13.7. The molecule has 0 saturated carbocycles. The van der Waals surface area contributed by atoms with E-state index in [1.807, 2.05) is 23.7 Å². The van der Waals surface area contributed by atoms with Crippen LogP contribution in [0.25, 0.3) is 21.3 Å². The summed E-state index contributed by atoms with van der Waals surface area (Å²) < 4.78 is 23.7. The number of hydrogen-bond donors (Lipinski definition) is 3.